The van der Waals surface area contributed by atoms with Crippen LogP contribution in [0.3, 0.4) is 0 Å². The molecule has 3 heteroatoms. The first-order valence-electron chi connectivity index (χ1n) is 6.02. The second-order valence-corrected chi connectivity index (χ2v) is 4.55. The van der Waals surface area contributed by atoms with Gasteiger partial charge in [0, 0.05) is 6.54 Å². The molecule has 0 atom stereocenters. The molecule has 1 aromatic rings. The minimum Gasteiger partial charge on any atom is -0.396 e. The fourth-order valence-corrected chi connectivity index (χ4v) is 2.22. The van der Waals surface area contributed by atoms with Crippen molar-refractivity contribution in [1.29, 1.82) is 0 Å². The lowest BCUT2D eigenvalue weighted by Gasteiger charge is -2.19. The third-order valence-corrected chi connectivity index (χ3v) is 3.17. The van der Waals surface area contributed by atoms with Crippen molar-refractivity contribution in [3.05, 3.63) is 29.6 Å². The number of anilines is 1. The van der Waals surface area contributed by atoms with E-state index in [1.165, 1.54) is 25.7 Å². The molecule has 0 spiro atoms. The summed E-state index contributed by atoms with van der Waals surface area (Å²) in [6, 6.07) is 5.13. The SMILES string of the molecule is Nc1ccc(CN2CCCCCC2)cc1F. The number of halogens is 1. The smallest absolute Gasteiger partial charge is 0.146 e. The molecule has 0 saturated carbocycles. The van der Waals surface area contributed by atoms with Crippen molar-refractivity contribution < 1.29 is 4.39 Å². The van der Waals surface area contributed by atoms with Gasteiger partial charge in [0.05, 0.1) is 5.69 Å². The van der Waals surface area contributed by atoms with E-state index < -0.39 is 0 Å². The highest BCUT2D eigenvalue weighted by Crippen LogP contribution is 2.16. The van der Waals surface area contributed by atoms with Crippen LogP contribution < -0.4 is 5.73 Å². The Hall–Kier alpha value is -1.09. The molecular weight excluding hydrogens is 203 g/mol. The zero-order valence-corrected chi connectivity index (χ0v) is 9.58. The van der Waals surface area contributed by atoms with Crippen LogP contribution in [0.25, 0.3) is 0 Å². The van der Waals surface area contributed by atoms with Crippen molar-refractivity contribution in [3.63, 3.8) is 0 Å². The van der Waals surface area contributed by atoms with E-state index in [9.17, 15) is 4.39 Å². The van der Waals surface area contributed by atoms with E-state index in [4.69, 9.17) is 5.73 Å². The monoisotopic (exact) mass is 222 g/mol. The Morgan fingerprint density at radius 1 is 1.12 bits per heavy atom. The van der Waals surface area contributed by atoms with Gasteiger partial charge in [-0.15, -0.1) is 0 Å². The molecule has 0 unspecified atom stereocenters. The number of nitrogen functional groups attached to an aromatic ring is 1. The molecule has 1 saturated heterocycles. The summed E-state index contributed by atoms with van der Waals surface area (Å²) in [4.78, 5) is 2.40. The zero-order valence-electron chi connectivity index (χ0n) is 9.58. The molecule has 1 aromatic carbocycles. The second-order valence-electron chi connectivity index (χ2n) is 4.55. The summed E-state index contributed by atoms with van der Waals surface area (Å²) in [6.45, 7) is 3.11. The van der Waals surface area contributed by atoms with Crippen molar-refractivity contribution in [2.75, 3.05) is 18.8 Å². The van der Waals surface area contributed by atoms with Gasteiger partial charge in [-0.2, -0.15) is 0 Å². The average Bonchev–Trinajstić information content (AvgIpc) is 2.52. The molecule has 1 aliphatic heterocycles. The van der Waals surface area contributed by atoms with E-state index in [-0.39, 0.29) is 11.5 Å². The summed E-state index contributed by atoms with van der Waals surface area (Å²) in [5, 5.41) is 0. The lowest BCUT2D eigenvalue weighted by Crippen LogP contribution is -2.24. The number of likely N-dealkylation sites (tertiary alicyclic amines) is 1. The summed E-state index contributed by atoms with van der Waals surface area (Å²) in [7, 11) is 0. The maximum atomic E-state index is 13.3. The highest BCUT2D eigenvalue weighted by molar-refractivity contribution is 5.41. The van der Waals surface area contributed by atoms with E-state index in [1.807, 2.05) is 6.07 Å². The number of rotatable bonds is 2. The van der Waals surface area contributed by atoms with Crippen LogP contribution in [0.15, 0.2) is 18.2 Å². The first-order chi connectivity index (χ1) is 7.75. The number of benzene rings is 1. The van der Waals surface area contributed by atoms with Gasteiger partial charge in [-0.05, 0) is 43.6 Å². The molecule has 0 aliphatic carbocycles. The van der Waals surface area contributed by atoms with Gasteiger partial charge in [0.25, 0.3) is 0 Å². The van der Waals surface area contributed by atoms with E-state index in [0.717, 1.165) is 25.2 Å². The van der Waals surface area contributed by atoms with Gasteiger partial charge in [0.1, 0.15) is 5.82 Å². The van der Waals surface area contributed by atoms with Crippen LogP contribution in [0.1, 0.15) is 31.2 Å². The standard InChI is InChI=1S/C13H19FN2/c14-12-9-11(5-6-13(12)15)10-16-7-3-1-2-4-8-16/h5-6,9H,1-4,7-8,10,15H2. The summed E-state index contributed by atoms with van der Waals surface area (Å²) in [5.41, 5.74) is 6.72. The lowest BCUT2D eigenvalue weighted by molar-refractivity contribution is 0.276. The van der Waals surface area contributed by atoms with E-state index in [1.54, 1.807) is 12.1 Å². The molecule has 1 aliphatic rings. The largest absolute Gasteiger partial charge is 0.396 e. The van der Waals surface area contributed by atoms with Gasteiger partial charge >= 0.3 is 0 Å². The molecular formula is C13H19FN2. The predicted octanol–water partition coefficient (Wildman–Crippen LogP) is 2.78. The zero-order chi connectivity index (χ0) is 11.4. The average molecular weight is 222 g/mol. The van der Waals surface area contributed by atoms with Gasteiger partial charge in [-0.25, -0.2) is 4.39 Å². The number of nitrogens with zero attached hydrogens (tertiary/aromatic N) is 1. The van der Waals surface area contributed by atoms with Gasteiger partial charge in [-0.3, -0.25) is 4.90 Å². The summed E-state index contributed by atoms with van der Waals surface area (Å²) in [6.07, 6.45) is 5.17. The highest BCUT2D eigenvalue weighted by atomic mass is 19.1. The van der Waals surface area contributed by atoms with Crippen LogP contribution in [0.2, 0.25) is 0 Å². The number of hydrogen-bond donors (Lipinski definition) is 1. The van der Waals surface area contributed by atoms with Crippen molar-refractivity contribution in [2.45, 2.75) is 32.2 Å². The maximum Gasteiger partial charge on any atom is 0.146 e. The molecule has 0 amide bonds. The molecule has 0 radical (unpaired) electrons. The molecule has 0 aromatic heterocycles. The molecule has 2 rings (SSSR count). The lowest BCUT2D eigenvalue weighted by atomic mass is 10.2. The Morgan fingerprint density at radius 3 is 2.44 bits per heavy atom. The van der Waals surface area contributed by atoms with Crippen LogP contribution in [-0.2, 0) is 6.54 Å². The maximum absolute atomic E-state index is 13.3. The van der Waals surface area contributed by atoms with Crippen LogP contribution in [0.4, 0.5) is 10.1 Å². The quantitative estimate of drug-likeness (QED) is 0.780. The molecule has 1 fully saturated rings. The van der Waals surface area contributed by atoms with Gasteiger partial charge in [-0.1, -0.05) is 18.9 Å². The van der Waals surface area contributed by atoms with Gasteiger partial charge in [0.2, 0.25) is 0 Å². The first-order valence-corrected chi connectivity index (χ1v) is 6.02. The van der Waals surface area contributed by atoms with Crippen molar-refractivity contribution in [3.8, 4) is 0 Å². The van der Waals surface area contributed by atoms with Gasteiger partial charge in [0.15, 0.2) is 0 Å². The topological polar surface area (TPSA) is 29.3 Å². The minimum absolute atomic E-state index is 0.236. The molecule has 2 N–H and O–H groups in total. The summed E-state index contributed by atoms with van der Waals surface area (Å²) < 4.78 is 13.3. The fourth-order valence-electron chi connectivity index (χ4n) is 2.22. The first kappa shape index (κ1) is 11.4. The Labute approximate surface area is 96.2 Å². The molecule has 1 heterocycles. The molecule has 0 bridgehead atoms. The summed E-state index contributed by atoms with van der Waals surface area (Å²) >= 11 is 0. The highest BCUT2D eigenvalue weighted by Gasteiger charge is 2.10. The van der Waals surface area contributed by atoms with E-state index in [0.29, 0.717) is 0 Å². The normalized spacial score (nSPS) is 18.3. The molecule has 2 nitrogen and oxygen atoms in total. The third kappa shape index (κ3) is 2.95. The Morgan fingerprint density at radius 2 is 1.81 bits per heavy atom. The predicted molar refractivity (Wildman–Crippen MR) is 64.6 cm³/mol. The fraction of sp³-hybridized carbons (Fsp3) is 0.538. The minimum atomic E-state index is -0.299. The second kappa shape index (κ2) is 5.30. The van der Waals surface area contributed by atoms with Crippen molar-refractivity contribution in [2.24, 2.45) is 0 Å². The Kier molecular flexibility index (Phi) is 3.78. The van der Waals surface area contributed by atoms with Crippen LogP contribution >= 0.6 is 0 Å². The Balaban J connectivity index is 1.99. The third-order valence-electron chi connectivity index (χ3n) is 3.17. The van der Waals surface area contributed by atoms with Gasteiger partial charge < -0.3 is 5.73 Å². The van der Waals surface area contributed by atoms with Crippen molar-refractivity contribution in [1.82, 2.24) is 4.90 Å². The van der Waals surface area contributed by atoms with Crippen molar-refractivity contribution >= 4 is 5.69 Å². The van der Waals surface area contributed by atoms with Crippen LogP contribution in [0.5, 0.6) is 0 Å². The van der Waals surface area contributed by atoms with Crippen LogP contribution in [0, 0.1) is 5.82 Å². The Bertz CT molecular complexity index is 344. The number of hydrogen-bond acceptors (Lipinski definition) is 2. The molecule has 88 valence electrons. The van der Waals surface area contributed by atoms with Crippen LogP contribution in [-0.4, -0.2) is 18.0 Å². The number of nitrogens with two attached hydrogens (primary N) is 1. The summed E-state index contributed by atoms with van der Waals surface area (Å²) in [5.74, 6) is -0.299. The van der Waals surface area contributed by atoms with E-state index in [2.05, 4.69) is 4.90 Å². The van der Waals surface area contributed by atoms with E-state index >= 15 is 0 Å². The molecule has 16 heavy (non-hydrogen) atoms.